The Morgan fingerprint density at radius 2 is 2.30 bits per heavy atom. The van der Waals surface area contributed by atoms with Crippen LogP contribution in [0.4, 0.5) is 5.82 Å². The maximum absolute atomic E-state index is 12.0. The Hall–Kier alpha value is -2.53. The molecule has 10 nitrogen and oxygen atoms in total. The molecule has 2 atom stereocenters. The summed E-state index contributed by atoms with van der Waals surface area (Å²) in [6, 6.07) is -0.643. The Morgan fingerprint density at radius 3 is 2.96 bits per heavy atom. The first-order chi connectivity index (χ1) is 12.9. The number of hydrogen-bond donors (Lipinski definition) is 4. The number of hydrogen-bond acceptors (Lipinski definition) is 6. The molecule has 0 radical (unpaired) electrons. The number of carboxylic acids is 1. The number of amides is 2. The number of nitrogen functional groups attached to an aromatic ring is 1. The van der Waals surface area contributed by atoms with Gasteiger partial charge in [-0.3, -0.25) is 14.5 Å². The second kappa shape index (κ2) is 7.61. The number of aliphatic carboxylic acids is 1. The van der Waals surface area contributed by atoms with E-state index >= 15 is 0 Å². The molecule has 2 aliphatic rings. The zero-order valence-electron chi connectivity index (χ0n) is 14.9. The monoisotopic (exact) mass is 395 g/mol. The average Bonchev–Trinajstić information content (AvgIpc) is 2.92. The van der Waals surface area contributed by atoms with Crippen molar-refractivity contribution in [3.8, 4) is 0 Å². The lowest BCUT2D eigenvalue weighted by Gasteiger charge is -2.47. The summed E-state index contributed by atoms with van der Waals surface area (Å²) in [7, 11) is 1.80. The first-order valence-electron chi connectivity index (χ1n) is 8.53. The lowest BCUT2D eigenvalue weighted by Crippen LogP contribution is -2.68. The van der Waals surface area contributed by atoms with Gasteiger partial charge in [-0.15, -0.1) is 21.1 Å². The van der Waals surface area contributed by atoms with Crippen LogP contribution in [0.25, 0.3) is 0 Å². The average molecular weight is 395 g/mol. The first-order valence-corrected chi connectivity index (χ1v) is 9.58. The first kappa shape index (κ1) is 19.2. The van der Waals surface area contributed by atoms with Gasteiger partial charge >= 0.3 is 5.97 Å². The zero-order valence-corrected chi connectivity index (χ0v) is 15.7. The standard InChI is InChI=1S/C16H22N6O4S/c1-20-13(18)9(3-2-4-19-8-23)5-21(20)6-10-7-27-15-11(17)14(24)22(15)12(10)16(25)26/h5,8,11,15,18H,2-4,6-7,17H2,1H3,(H2,19,23,25,26)/p+1/t11-,15-/m1/s1. The van der Waals surface area contributed by atoms with Gasteiger partial charge < -0.3 is 21.9 Å². The minimum Gasteiger partial charge on any atom is -0.477 e. The van der Waals surface area contributed by atoms with Crippen molar-refractivity contribution in [2.75, 3.05) is 18.0 Å². The number of thioether (sulfide) groups is 1. The predicted octanol–water partition coefficient (Wildman–Crippen LogP) is -1.85. The second-order valence-electron chi connectivity index (χ2n) is 6.53. The molecule has 2 aliphatic heterocycles. The molecular weight excluding hydrogens is 372 g/mol. The fraction of sp³-hybridized carbons (Fsp3) is 0.500. The summed E-state index contributed by atoms with van der Waals surface area (Å²) in [6.07, 6.45) is 3.97. The number of fused-ring (bicyclic) bond motifs is 1. The smallest absolute Gasteiger partial charge is 0.352 e. The number of anilines is 1. The fourth-order valence-corrected chi connectivity index (χ4v) is 4.64. The Kier molecular flexibility index (Phi) is 5.42. The van der Waals surface area contributed by atoms with Crippen LogP contribution in [0.2, 0.25) is 0 Å². The van der Waals surface area contributed by atoms with Crippen LogP contribution < -0.4 is 21.5 Å². The van der Waals surface area contributed by atoms with Crippen molar-refractivity contribution >= 4 is 35.9 Å². The summed E-state index contributed by atoms with van der Waals surface area (Å²) in [5.74, 6) is -0.414. The molecule has 3 heterocycles. The highest BCUT2D eigenvalue weighted by Gasteiger charge is 2.52. The van der Waals surface area contributed by atoms with Gasteiger partial charge in [-0.05, 0) is 12.8 Å². The van der Waals surface area contributed by atoms with Gasteiger partial charge in [-0.25, -0.2) is 4.79 Å². The van der Waals surface area contributed by atoms with Gasteiger partial charge in [0.15, 0.2) is 12.4 Å². The van der Waals surface area contributed by atoms with Crippen molar-refractivity contribution < 1.29 is 24.2 Å². The number of nitrogens with two attached hydrogens (primary N) is 2. The van der Waals surface area contributed by atoms with E-state index in [0.29, 0.717) is 43.1 Å². The van der Waals surface area contributed by atoms with Crippen LogP contribution in [-0.2, 0) is 34.4 Å². The van der Waals surface area contributed by atoms with Crippen LogP contribution >= 0.6 is 11.8 Å². The van der Waals surface area contributed by atoms with Crippen molar-refractivity contribution in [1.82, 2.24) is 14.9 Å². The predicted molar refractivity (Wildman–Crippen MR) is 98.1 cm³/mol. The van der Waals surface area contributed by atoms with Gasteiger partial charge in [0.2, 0.25) is 18.5 Å². The molecular formula is C16H23N6O4S+. The number of nitrogens with one attached hydrogen (secondary N) is 1. The van der Waals surface area contributed by atoms with E-state index in [9.17, 15) is 19.5 Å². The molecule has 0 aromatic carbocycles. The number of rotatable bonds is 8. The topological polar surface area (TPSA) is 148 Å². The number of aromatic nitrogens is 2. The minimum atomic E-state index is -1.13. The highest BCUT2D eigenvalue weighted by Crippen LogP contribution is 2.39. The van der Waals surface area contributed by atoms with Gasteiger partial charge in [0.1, 0.15) is 17.1 Å². The maximum atomic E-state index is 12.0. The molecule has 2 amide bonds. The van der Waals surface area contributed by atoms with Crippen LogP contribution in [-0.4, -0.2) is 56.7 Å². The van der Waals surface area contributed by atoms with Gasteiger partial charge in [0.25, 0.3) is 0 Å². The normalized spacial score (nSPS) is 21.7. The van der Waals surface area contributed by atoms with E-state index in [2.05, 4.69) is 5.32 Å². The van der Waals surface area contributed by atoms with Gasteiger partial charge in [0, 0.05) is 17.9 Å². The molecule has 6 N–H and O–H groups in total. The van der Waals surface area contributed by atoms with Gasteiger partial charge in [-0.1, -0.05) is 0 Å². The van der Waals surface area contributed by atoms with Crippen molar-refractivity contribution in [1.29, 1.82) is 0 Å². The lowest BCUT2D eigenvalue weighted by molar-refractivity contribution is -0.765. The quantitative estimate of drug-likeness (QED) is 0.175. The van der Waals surface area contributed by atoms with Crippen molar-refractivity contribution in [3.05, 3.63) is 23.0 Å². The van der Waals surface area contributed by atoms with Gasteiger partial charge in [-0.2, -0.15) is 0 Å². The Labute approximate surface area is 160 Å². The number of β-lactam (4-membered cyclic amide) rings is 1. The molecule has 1 fully saturated rings. The number of aryl methyl sites for hydroxylation is 1. The van der Waals surface area contributed by atoms with Crippen LogP contribution in [0.3, 0.4) is 0 Å². The van der Waals surface area contributed by atoms with Crippen LogP contribution in [0.15, 0.2) is 17.5 Å². The van der Waals surface area contributed by atoms with Crippen LogP contribution in [0, 0.1) is 0 Å². The van der Waals surface area contributed by atoms with Crippen LogP contribution in [0.1, 0.15) is 12.0 Å². The van der Waals surface area contributed by atoms with E-state index in [-0.39, 0.29) is 17.0 Å². The van der Waals surface area contributed by atoms with Crippen molar-refractivity contribution in [2.24, 2.45) is 12.8 Å². The molecule has 0 bridgehead atoms. The van der Waals surface area contributed by atoms with E-state index in [1.807, 2.05) is 10.9 Å². The third-order valence-electron chi connectivity index (χ3n) is 4.86. The third kappa shape index (κ3) is 3.39. The summed E-state index contributed by atoms with van der Waals surface area (Å²) in [4.78, 5) is 35.4. The largest absolute Gasteiger partial charge is 0.477 e. The molecule has 0 saturated carbocycles. The summed E-state index contributed by atoms with van der Waals surface area (Å²) in [5.41, 5.74) is 13.5. The highest BCUT2D eigenvalue weighted by atomic mass is 32.2. The van der Waals surface area contributed by atoms with E-state index in [4.69, 9.17) is 11.5 Å². The lowest BCUT2D eigenvalue weighted by atomic mass is 10.0. The summed E-state index contributed by atoms with van der Waals surface area (Å²) in [5, 5.41) is 11.9. The van der Waals surface area contributed by atoms with Crippen molar-refractivity contribution in [3.63, 3.8) is 0 Å². The summed E-state index contributed by atoms with van der Waals surface area (Å²) < 4.78 is 3.59. The van der Waals surface area contributed by atoms with Gasteiger partial charge in [0.05, 0.1) is 12.6 Å². The summed E-state index contributed by atoms with van der Waals surface area (Å²) >= 11 is 1.47. The Balaban J connectivity index is 1.82. The molecule has 0 aliphatic carbocycles. The molecule has 27 heavy (non-hydrogen) atoms. The number of carbonyl (C=O) groups excluding carboxylic acids is 2. The molecule has 0 unspecified atom stereocenters. The number of carboxylic acid groups (broad SMARTS) is 1. The fourth-order valence-electron chi connectivity index (χ4n) is 3.36. The van der Waals surface area contributed by atoms with Crippen LogP contribution in [0.5, 0.6) is 0 Å². The number of carbonyl (C=O) groups is 3. The van der Waals surface area contributed by atoms with E-state index in [1.54, 1.807) is 11.7 Å². The molecule has 3 rings (SSSR count). The highest BCUT2D eigenvalue weighted by molar-refractivity contribution is 8.00. The maximum Gasteiger partial charge on any atom is 0.352 e. The SMILES string of the molecule is Cn1c(N)c(CCCNC=O)c[n+]1CC1=C(C(=O)O)N2C(=O)[C@@H](N)[C@H]2SC1. The number of nitrogens with zero attached hydrogens (tertiary/aromatic N) is 3. The minimum absolute atomic E-state index is 0.0226. The molecule has 1 saturated heterocycles. The van der Waals surface area contributed by atoms with E-state index < -0.39 is 12.0 Å². The van der Waals surface area contributed by atoms with Crippen molar-refractivity contribution in [2.45, 2.75) is 30.8 Å². The van der Waals surface area contributed by atoms with E-state index in [1.165, 1.54) is 16.7 Å². The summed E-state index contributed by atoms with van der Waals surface area (Å²) in [6.45, 7) is 0.870. The third-order valence-corrected chi connectivity index (χ3v) is 6.22. The molecule has 0 spiro atoms. The molecule has 11 heteroatoms. The Bertz CT molecular complexity index is 820. The zero-order chi connectivity index (χ0) is 19.7. The Morgan fingerprint density at radius 1 is 1.56 bits per heavy atom. The molecule has 1 aromatic rings. The molecule has 146 valence electrons. The second-order valence-corrected chi connectivity index (χ2v) is 7.63. The van der Waals surface area contributed by atoms with E-state index in [0.717, 1.165) is 12.0 Å². The molecule has 1 aromatic heterocycles.